The van der Waals surface area contributed by atoms with Crippen LogP contribution in [0.4, 0.5) is 0 Å². The van der Waals surface area contributed by atoms with Crippen molar-refractivity contribution >= 4 is 0 Å². The molecule has 2 atom stereocenters. The zero-order chi connectivity index (χ0) is 9.64. The van der Waals surface area contributed by atoms with Gasteiger partial charge >= 0.3 is 0 Å². The topological polar surface area (TPSA) is 30.5 Å². The van der Waals surface area contributed by atoms with Crippen molar-refractivity contribution in [2.75, 3.05) is 26.4 Å². The summed E-state index contributed by atoms with van der Waals surface area (Å²) in [5, 5.41) is 3.53. The van der Waals surface area contributed by atoms with Crippen molar-refractivity contribution < 1.29 is 9.47 Å². The normalized spacial score (nSPS) is 33.4. The number of rotatable bonds is 4. The number of nitrogens with one attached hydrogen (secondary N) is 1. The maximum absolute atomic E-state index is 5.74. The molecule has 2 aliphatic rings. The molecule has 2 fully saturated rings. The first-order valence-electron chi connectivity index (χ1n) is 5.88. The molecule has 0 aromatic rings. The quantitative estimate of drug-likeness (QED) is 0.741. The molecule has 0 radical (unpaired) electrons. The van der Waals surface area contributed by atoms with Gasteiger partial charge in [-0.25, -0.2) is 0 Å². The van der Waals surface area contributed by atoms with Crippen molar-refractivity contribution in [3.63, 3.8) is 0 Å². The molecule has 2 saturated heterocycles. The largest absolute Gasteiger partial charge is 0.379 e. The van der Waals surface area contributed by atoms with E-state index in [1.165, 1.54) is 25.8 Å². The number of piperidine rings is 1. The molecule has 3 nitrogen and oxygen atoms in total. The molecule has 0 spiro atoms. The van der Waals surface area contributed by atoms with Gasteiger partial charge in [0.2, 0.25) is 0 Å². The van der Waals surface area contributed by atoms with Gasteiger partial charge < -0.3 is 14.8 Å². The van der Waals surface area contributed by atoms with Crippen LogP contribution >= 0.6 is 0 Å². The number of hydrogen-bond donors (Lipinski definition) is 1. The van der Waals surface area contributed by atoms with Crippen LogP contribution in [-0.2, 0) is 9.47 Å². The van der Waals surface area contributed by atoms with Crippen molar-refractivity contribution in [2.24, 2.45) is 0 Å². The van der Waals surface area contributed by atoms with Crippen molar-refractivity contribution in [3.05, 3.63) is 0 Å². The van der Waals surface area contributed by atoms with Crippen LogP contribution in [-0.4, -0.2) is 38.5 Å². The molecule has 0 amide bonds. The first-order valence-corrected chi connectivity index (χ1v) is 5.88. The van der Waals surface area contributed by atoms with E-state index < -0.39 is 0 Å². The fourth-order valence-electron chi connectivity index (χ4n) is 2.19. The summed E-state index contributed by atoms with van der Waals surface area (Å²) in [6.45, 7) is 3.77. The van der Waals surface area contributed by atoms with Gasteiger partial charge in [-0.05, 0) is 32.2 Å². The molecular formula is C11H21NO2. The highest BCUT2D eigenvalue weighted by molar-refractivity contribution is 4.72. The van der Waals surface area contributed by atoms with Crippen LogP contribution in [0.25, 0.3) is 0 Å². The van der Waals surface area contributed by atoms with Gasteiger partial charge in [0.25, 0.3) is 0 Å². The highest BCUT2D eigenvalue weighted by Crippen LogP contribution is 2.12. The lowest BCUT2D eigenvalue weighted by Gasteiger charge is -2.23. The Balaban J connectivity index is 1.52. The summed E-state index contributed by atoms with van der Waals surface area (Å²) >= 11 is 0. The van der Waals surface area contributed by atoms with Crippen LogP contribution in [0.1, 0.15) is 32.1 Å². The summed E-state index contributed by atoms with van der Waals surface area (Å²) in [4.78, 5) is 0. The molecule has 2 heterocycles. The molecule has 14 heavy (non-hydrogen) atoms. The lowest BCUT2D eigenvalue weighted by atomic mass is 10.0. The lowest BCUT2D eigenvalue weighted by molar-refractivity contribution is 0.0366. The van der Waals surface area contributed by atoms with E-state index >= 15 is 0 Å². The average Bonchev–Trinajstić information content (AvgIpc) is 2.72. The summed E-state index contributed by atoms with van der Waals surface area (Å²) in [5.41, 5.74) is 0. The van der Waals surface area contributed by atoms with E-state index in [1.54, 1.807) is 0 Å². The molecule has 82 valence electrons. The van der Waals surface area contributed by atoms with E-state index in [2.05, 4.69) is 5.32 Å². The molecule has 2 rings (SSSR count). The summed E-state index contributed by atoms with van der Waals surface area (Å²) in [5.74, 6) is 0. The van der Waals surface area contributed by atoms with Gasteiger partial charge in [-0.15, -0.1) is 0 Å². The third-order valence-electron chi connectivity index (χ3n) is 3.12. The van der Waals surface area contributed by atoms with Crippen molar-refractivity contribution in [3.8, 4) is 0 Å². The van der Waals surface area contributed by atoms with Crippen molar-refractivity contribution in [1.29, 1.82) is 0 Å². The van der Waals surface area contributed by atoms with Crippen LogP contribution < -0.4 is 5.32 Å². The SMILES string of the molecule is C1CCC(CCOC2CCOC2)NC1. The summed E-state index contributed by atoms with van der Waals surface area (Å²) in [6.07, 6.45) is 6.66. The van der Waals surface area contributed by atoms with Crippen molar-refractivity contribution in [1.82, 2.24) is 5.32 Å². The van der Waals surface area contributed by atoms with Gasteiger partial charge in [0, 0.05) is 19.3 Å². The highest BCUT2D eigenvalue weighted by atomic mass is 16.5. The Labute approximate surface area is 86.2 Å². The second-order valence-electron chi connectivity index (χ2n) is 4.29. The Kier molecular flexibility index (Phi) is 4.22. The van der Waals surface area contributed by atoms with Gasteiger partial charge in [0.15, 0.2) is 0 Å². The minimum Gasteiger partial charge on any atom is -0.379 e. The summed E-state index contributed by atoms with van der Waals surface area (Å²) in [6, 6.07) is 0.700. The maximum Gasteiger partial charge on any atom is 0.0830 e. The molecule has 0 aromatic heterocycles. The predicted octanol–water partition coefficient (Wildman–Crippen LogP) is 1.32. The second-order valence-corrected chi connectivity index (χ2v) is 4.29. The molecule has 0 bridgehead atoms. The molecule has 2 aliphatic heterocycles. The van der Waals surface area contributed by atoms with E-state index in [9.17, 15) is 0 Å². The summed E-state index contributed by atoms with van der Waals surface area (Å²) < 4.78 is 11.0. The van der Waals surface area contributed by atoms with E-state index in [-0.39, 0.29) is 0 Å². The Morgan fingerprint density at radius 2 is 2.29 bits per heavy atom. The first kappa shape index (κ1) is 10.4. The Bertz CT molecular complexity index is 151. The highest BCUT2D eigenvalue weighted by Gasteiger charge is 2.17. The maximum atomic E-state index is 5.74. The number of ether oxygens (including phenoxy) is 2. The van der Waals surface area contributed by atoms with Crippen LogP contribution in [0, 0.1) is 0 Å². The van der Waals surface area contributed by atoms with Gasteiger partial charge in [-0.3, -0.25) is 0 Å². The van der Waals surface area contributed by atoms with Gasteiger partial charge in [0.05, 0.1) is 12.7 Å². The smallest absolute Gasteiger partial charge is 0.0830 e. The molecule has 1 N–H and O–H groups in total. The predicted molar refractivity (Wildman–Crippen MR) is 55.4 cm³/mol. The molecule has 0 aliphatic carbocycles. The Morgan fingerprint density at radius 3 is 3.00 bits per heavy atom. The molecule has 0 aromatic carbocycles. The zero-order valence-electron chi connectivity index (χ0n) is 8.84. The average molecular weight is 199 g/mol. The van der Waals surface area contributed by atoms with E-state index in [4.69, 9.17) is 9.47 Å². The Hall–Kier alpha value is -0.120. The molecule has 0 saturated carbocycles. The van der Waals surface area contributed by atoms with Gasteiger partial charge in [-0.1, -0.05) is 6.42 Å². The zero-order valence-corrected chi connectivity index (χ0v) is 8.84. The molecule has 3 heteroatoms. The van der Waals surface area contributed by atoms with Gasteiger partial charge in [0.1, 0.15) is 0 Å². The summed E-state index contributed by atoms with van der Waals surface area (Å²) in [7, 11) is 0. The third-order valence-corrected chi connectivity index (χ3v) is 3.12. The third kappa shape index (κ3) is 3.23. The van der Waals surface area contributed by atoms with Crippen LogP contribution in [0.3, 0.4) is 0 Å². The monoisotopic (exact) mass is 199 g/mol. The number of hydrogen-bond acceptors (Lipinski definition) is 3. The molecular weight excluding hydrogens is 178 g/mol. The van der Waals surface area contributed by atoms with Crippen LogP contribution in [0.5, 0.6) is 0 Å². The first-order chi connectivity index (χ1) is 6.95. The van der Waals surface area contributed by atoms with E-state index in [0.717, 1.165) is 32.7 Å². The van der Waals surface area contributed by atoms with E-state index in [0.29, 0.717) is 12.1 Å². The molecule has 2 unspecified atom stereocenters. The van der Waals surface area contributed by atoms with Crippen LogP contribution in [0.15, 0.2) is 0 Å². The van der Waals surface area contributed by atoms with Crippen LogP contribution in [0.2, 0.25) is 0 Å². The van der Waals surface area contributed by atoms with Crippen molar-refractivity contribution in [2.45, 2.75) is 44.2 Å². The lowest BCUT2D eigenvalue weighted by Crippen LogP contribution is -2.35. The second kappa shape index (κ2) is 5.69. The minimum absolute atomic E-state index is 0.374. The minimum atomic E-state index is 0.374. The fraction of sp³-hybridized carbons (Fsp3) is 1.00. The fourth-order valence-corrected chi connectivity index (χ4v) is 2.19. The van der Waals surface area contributed by atoms with E-state index in [1.807, 2.05) is 0 Å². The van der Waals surface area contributed by atoms with Gasteiger partial charge in [-0.2, -0.15) is 0 Å². The Morgan fingerprint density at radius 1 is 1.29 bits per heavy atom. The standard InChI is InChI=1S/C11H21NO2/c1-2-6-12-10(3-1)4-8-14-11-5-7-13-9-11/h10-12H,1-9H2.